The molecule has 3 aromatic rings. The molecule has 4 atom stereocenters. The number of hydrogen-bond donors (Lipinski definition) is 2. The van der Waals surface area contributed by atoms with E-state index in [0.29, 0.717) is 33.6 Å². The van der Waals surface area contributed by atoms with E-state index < -0.39 is 12.0 Å². The number of rotatable bonds is 6. The average Bonchev–Trinajstić information content (AvgIpc) is 3.62. The van der Waals surface area contributed by atoms with Crippen LogP contribution in [0.4, 0.5) is 14.6 Å². The SMILES string of the molecule is CSc1ncc(-c2ccc(-c3ncc(N(C4CC4)[C@@H]4C[C@@H]5CC[C@H](N5)[C@@H]4F)nn3)c(O)c2)cc1F. The number of aromatic nitrogens is 4. The molecule has 0 unspecified atom stereocenters. The third kappa shape index (κ3) is 4.23. The van der Waals surface area contributed by atoms with E-state index >= 15 is 4.39 Å². The van der Waals surface area contributed by atoms with Crippen LogP contribution in [0.25, 0.3) is 22.5 Å². The van der Waals surface area contributed by atoms with Crippen LogP contribution in [0.1, 0.15) is 32.1 Å². The first-order chi connectivity index (χ1) is 17.0. The molecule has 35 heavy (non-hydrogen) atoms. The number of nitrogens with one attached hydrogen (secondary N) is 1. The van der Waals surface area contributed by atoms with Crippen LogP contribution in [-0.2, 0) is 0 Å². The number of pyridine rings is 1. The topological polar surface area (TPSA) is 87.1 Å². The highest BCUT2D eigenvalue weighted by Gasteiger charge is 2.48. The fraction of sp³-hybridized carbons (Fsp3) is 0.440. The summed E-state index contributed by atoms with van der Waals surface area (Å²) in [5.41, 5.74) is 1.61. The lowest BCUT2D eigenvalue weighted by Crippen LogP contribution is -2.57. The number of thioether (sulfide) groups is 1. The first-order valence-corrected chi connectivity index (χ1v) is 13.2. The second-order valence-corrected chi connectivity index (χ2v) is 10.3. The smallest absolute Gasteiger partial charge is 0.185 e. The predicted octanol–water partition coefficient (Wildman–Crippen LogP) is 4.37. The molecule has 182 valence electrons. The highest BCUT2D eigenvalue weighted by Crippen LogP contribution is 2.40. The van der Waals surface area contributed by atoms with Gasteiger partial charge in [-0.05, 0) is 62.1 Å². The number of phenols is 1. The van der Waals surface area contributed by atoms with Gasteiger partial charge >= 0.3 is 0 Å². The van der Waals surface area contributed by atoms with Gasteiger partial charge in [-0.25, -0.2) is 18.7 Å². The molecule has 2 aliphatic heterocycles. The van der Waals surface area contributed by atoms with E-state index in [1.165, 1.54) is 23.9 Å². The lowest BCUT2D eigenvalue weighted by atomic mass is 9.96. The first-order valence-electron chi connectivity index (χ1n) is 11.9. The van der Waals surface area contributed by atoms with Crippen molar-refractivity contribution in [1.29, 1.82) is 0 Å². The molecule has 3 fully saturated rings. The van der Waals surface area contributed by atoms with E-state index in [1.807, 2.05) is 0 Å². The fourth-order valence-electron chi connectivity index (χ4n) is 5.37. The lowest BCUT2D eigenvalue weighted by molar-refractivity contribution is 0.171. The Hall–Kier alpha value is -2.85. The number of fused-ring (bicyclic) bond motifs is 2. The molecule has 0 radical (unpaired) electrons. The standard InChI is InChI=1S/C25H26F2N6OS/c1-35-25-18(26)8-14(11-29-25)13-2-6-17(21(34)9-13)24-28-12-22(31-32-24)33(16-4-5-16)20-10-15-3-7-19(30-15)23(20)27/h2,6,8-9,11-12,15-16,19-20,23,30,34H,3-5,7,10H2,1H3/t15-,19-,20+,23-/m0/s1. The fourth-order valence-corrected chi connectivity index (χ4v) is 5.78. The molecule has 3 aliphatic rings. The molecule has 1 saturated carbocycles. The van der Waals surface area contributed by atoms with Crippen molar-refractivity contribution in [2.45, 2.75) is 67.5 Å². The van der Waals surface area contributed by atoms with Crippen molar-refractivity contribution >= 4 is 17.6 Å². The zero-order chi connectivity index (χ0) is 24.1. The molecule has 2 aromatic heterocycles. The number of aromatic hydroxyl groups is 1. The Balaban J connectivity index is 1.25. The van der Waals surface area contributed by atoms with Crippen LogP contribution in [0.3, 0.4) is 0 Å². The average molecular weight is 497 g/mol. The number of phenolic OH excluding ortho intramolecular Hbond substituents is 1. The van der Waals surface area contributed by atoms with Gasteiger partial charge in [0.2, 0.25) is 0 Å². The minimum atomic E-state index is -0.947. The van der Waals surface area contributed by atoms with Gasteiger partial charge in [0.25, 0.3) is 0 Å². The van der Waals surface area contributed by atoms with Gasteiger partial charge < -0.3 is 15.3 Å². The maximum absolute atomic E-state index is 15.3. The molecular weight excluding hydrogens is 470 g/mol. The Morgan fingerprint density at radius 3 is 2.60 bits per heavy atom. The number of alkyl halides is 1. The Morgan fingerprint density at radius 2 is 1.91 bits per heavy atom. The van der Waals surface area contributed by atoms with Crippen LogP contribution in [0.15, 0.2) is 41.7 Å². The van der Waals surface area contributed by atoms with Gasteiger partial charge in [-0.2, -0.15) is 0 Å². The summed E-state index contributed by atoms with van der Waals surface area (Å²) in [5.74, 6) is 0.415. The quantitative estimate of drug-likeness (QED) is 0.487. The molecule has 1 aliphatic carbocycles. The molecule has 4 heterocycles. The van der Waals surface area contributed by atoms with E-state index in [0.717, 1.165) is 32.1 Å². The normalized spacial score (nSPS) is 25.6. The van der Waals surface area contributed by atoms with Crippen molar-refractivity contribution < 1.29 is 13.9 Å². The Bertz CT molecular complexity index is 1240. The van der Waals surface area contributed by atoms with Gasteiger partial charge in [0.1, 0.15) is 16.9 Å². The second-order valence-electron chi connectivity index (χ2n) is 9.52. The van der Waals surface area contributed by atoms with E-state index in [9.17, 15) is 9.50 Å². The van der Waals surface area contributed by atoms with Crippen LogP contribution in [0.2, 0.25) is 0 Å². The van der Waals surface area contributed by atoms with E-state index in [4.69, 9.17) is 0 Å². The summed E-state index contributed by atoms with van der Waals surface area (Å²) in [5, 5.41) is 23.1. The number of hydrogen-bond acceptors (Lipinski definition) is 8. The van der Waals surface area contributed by atoms with E-state index in [-0.39, 0.29) is 29.7 Å². The number of nitrogens with zero attached hydrogens (tertiary/aromatic N) is 5. The number of halogens is 2. The van der Waals surface area contributed by atoms with Gasteiger partial charge in [0, 0.05) is 29.9 Å². The Labute approximate surface area is 206 Å². The predicted molar refractivity (Wildman–Crippen MR) is 131 cm³/mol. The maximum Gasteiger partial charge on any atom is 0.185 e. The minimum Gasteiger partial charge on any atom is -0.507 e. The van der Waals surface area contributed by atoms with Gasteiger partial charge in [0.05, 0.1) is 17.8 Å². The highest BCUT2D eigenvalue weighted by atomic mass is 32.2. The first kappa shape index (κ1) is 22.6. The number of anilines is 1. The van der Waals surface area contributed by atoms with Crippen molar-refractivity contribution in [3.63, 3.8) is 0 Å². The Kier molecular flexibility index (Phi) is 5.80. The minimum absolute atomic E-state index is 0.0378. The van der Waals surface area contributed by atoms with Crippen LogP contribution in [0, 0.1) is 5.82 Å². The number of piperidine rings is 1. The highest BCUT2D eigenvalue weighted by molar-refractivity contribution is 7.98. The summed E-state index contributed by atoms with van der Waals surface area (Å²) in [6, 6.07) is 6.71. The third-order valence-corrected chi connectivity index (χ3v) is 7.93. The Morgan fingerprint density at radius 1 is 1.06 bits per heavy atom. The summed E-state index contributed by atoms with van der Waals surface area (Å²) in [6.07, 6.45) is 8.71. The van der Waals surface area contributed by atoms with Crippen LogP contribution < -0.4 is 10.2 Å². The van der Waals surface area contributed by atoms with Crippen molar-refractivity contribution in [1.82, 2.24) is 25.5 Å². The summed E-state index contributed by atoms with van der Waals surface area (Å²) >= 11 is 1.24. The summed E-state index contributed by atoms with van der Waals surface area (Å²) < 4.78 is 29.4. The van der Waals surface area contributed by atoms with Gasteiger partial charge in [-0.3, -0.25) is 0 Å². The largest absolute Gasteiger partial charge is 0.507 e. The molecule has 2 N–H and O–H groups in total. The van der Waals surface area contributed by atoms with Crippen molar-refractivity contribution in [3.8, 4) is 28.3 Å². The monoisotopic (exact) mass is 496 g/mol. The van der Waals surface area contributed by atoms with Gasteiger partial charge in [-0.1, -0.05) is 6.07 Å². The van der Waals surface area contributed by atoms with Crippen LogP contribution in [-0.4, -0.2) is 61.9 Å². The lowest BCUT2D eigenvalue weighted by Gasteiger charge is -2.40. The van der Waals surface area contributed by atoms with Crippen molar-refractivity contribution in [3.05, 3.63) is 42.5 Å². The van der Waals surface area contributed by atoms with E-state index in [2.05, 4.69) is 30.4 Å². The molecule has 7 nitrogen and oxygen atoms in total. The van der Waals surface area contributed by atoms with Gasteiger partial charge in [-0.15, -0.1) is 22.0 Å². The number of benzene rings is 1. The zero-order valence-electron chi connectivity index (χ0n) is 19.2. The van der Waals surface area contributed by atoms with E-state index in [1.54, 1.807) is 30.8 Å². The summed E-state index contributed by atoms with van der Waals surface area (Å²) in [6.45, 7) is 0. The van der Waals surface area contributed by atoms with Crippen LogP contribution in [0.5, 0.6) is 5.75 Å². The van der Waals surface area contributed by atoms with Crippen molar-refractivity contribution in [2.75, 3.05) is 11.2 Å². The molecule has 10 heteroatoms. The maximum atomic E-state index is 15.3. The summed E-state index contributed by atoms with van der Waals surface area (Å²) in [7, 11) is 0. The second kappa shape index (κ2) is 8.98. The zero-order valence-corrected chi connectivity index (χ0v) is 20.1. The third-order valence-electron chi connectivity index (χ3n) is 7.24. The molecule has 1 aromatic carbocycles. The molecule has 0 amide bonds. The molecule has 0 spiro atoms. The van der Waals surface area contributed by atoms with Gasteiger partial charge in [0.15, 0.2) is 17.5 Å². The molecule has 2 saturated heterocycles. The molecular formula is C25H26F2N6OS. The molecule has 2 bridgehead atoms. The van der Waals surface area contributed by atoms with Crippen molar-refractivity contribution in [2.24, 2.45) is 0 Å². The summed E-state index contributed by atoms with van der Waals surface area (Å²) in [4.78, 5) is 10.7. The van der Waals surface area contributed by atoms with Crippen LogP contribution >= 0.6 is 11.8 Å². The molecule has 6 rings (SSSR count).